The van der Waals surface area contributed by atoms with E-state index in [-0.39, 0.29) is 18.5 Å². The van der Waals surface area contributed by atoms with Crippen LogP contribution in [0.3, 0.4) is 0 Å². The predicted molar refractivity (Wildman–Crippen MR) is 87.7 cm³/mol. The van der Waals surface area contributed by atoms with Gasteiger partial charge in [0.25, 0.3) is 5.91 Å². The van der Waals surface area contributed by atoms with Crippen molar-refractivity contribution in [3.8, 4) is 0 Å². The Balaban J connectivity index is 1.59. The highest BCUT2D eigenvalue weighted by Crippen LogP contribution is 2.07. The van der Waals surface area contributed by atoms with E-state index in [4.69, 9.17) is 4.74 Å². The molecule has 0 fully saturated rings. The topological polar surface area (TPSA) is 55.4 Å². The summed E-state index contributed by atoms with van der Waals surface area (Å²) in [4.78, 5) is 23.8. The Kier molecular flexibility index (Phi) is 6.39. The number of ether oxygens (including phenoxy) is 1. The van der Waals surface area contributed by atoms with Crippen molar-refractivity contribution in [3.63, 3.8) is 0 Å². The summed E-state index contributed by atoms with van der Waals surface area (Å²) in [5, 5.41) is 4.64. The van der Waals surface area contributed by atoms with Gasteiger partial charge in [-0.15, -0.1) is 11.3 Å². The van der Waals surface area contributed by atoms with Gasteiger partial charge in [-0.2, -0.15) is 0 Å². The van der Waals surface area contributed by atoms with Gasteiger partial charge in [0.1, 0.15) is 0 Å². The Morgan fingerprint density at radius 1 is 1.14 bits per heavy atom. The number of thiophene rings is 1. The fourth-order valence-electron chi connectivity index (χ4n) is 1.72. The van der Waals surface area contributed by atoms with Gasteiger partial charge in [0.05, 0.1) is 11.5 Å². The minimum Gasteiger partial charge on any atom is -0.462 e. The van der Waals surface area contributed by atoms with Crippen molar-refractivity contribution in [1.29, 1.82) is 0 Å². The lowest BCUT2D eigenvalue weighted by atomic mass is 10.2. The lowest BCUT2D eigenvalue weighted by Crippen LogP contribution is -2.24. The quantitative estimate of drug-likeness (QED) is 0.485. The van der Waals surface area contributed by atoms with Crippen molar-refractivity contribution < 1.29 is 14.3 Å². The molecule has 1 N–H and O–H groups in total. The van der Waals surface area contributed by atoms with E-state index in [9.17, 15) is 9.59 Å². The Morgan fingerprint density at radius 2 is 1.95 bits per heavy atom. The molecule has 0 radical (unpaired) electrons. The van der Waals surface area contributed by atoms with E-state index < -0.39 is 0 Å². The number of amides is 1. The zero-order valence-electron chi connectivity index (χ0n) is 12.0. The van der Waals surface area contributed by atoms with Gasteiger partial charge in [0, 0.05) is 12.6 Å². The van der Waals surface area contributed by atoms with E-state index in [0.717, 1.165) is 5.56 Å². The number of hydrogen-bond donors (Lipinski definition) is 1. The fourth-order valence-corrected chi connectivity index (χ4v) is 2.36. The molecular weight excluding hydrogens is 298 g/mol. The third-order valence-corrected chi connectivity index (χ3v) is 3.68. The molecule has 5 heteroatoms. The summed E-state index contributed by atoms with van der Waals surface area (Å²) in [6.07, 6.45) is 3.70. The van der Waals surface area contributed by atoms with E-state index in [1.54, 1.807) is 12.1 Å². The molecule has 0 aliphatic heterocycles. The fraction of sp³-hybridized carbons (Fsp3) is 0.176. The minimum atomic E-state index is -0.381. The number of hydrogen-bond acceptors (Lipinski definition) is 4. The number of carbonyl (C=O) groups is 2. The van der Waals surface area contributed by atoms with Crippen LogP contribution in [0.1, 0.15) is 21.7 Å². The van der Waals surface area contributed by atoms with Gasteiger partial charge < -0.3 is 10.1 Å². The van der Waals surface area contributed by atoms with Crippen molar-refractivity contribution >= 4 is 29.3 Å². The third-order valence-electron chi connectivity index (χ3n) is 2.81. The monoisotopic (exact) mass is 315 g/mol. The SMILES string of the molecule is O=C(/C=C/c1ccccc1)OCCCNC(=O)c1cccs1. The second-order valence-electron chi connectivity index (χ2n) is 4.50. The first-order valence-electron chi connectivity index (χ1n) is 6.97. The van der Waals surface area contributed by atoms with Crippen LogP contribution in [-0.2, 0) is 9.53 Å². The molecule has 0 bridgehead atoms. The molecule has 1 heterocycles. The highest BCUT2D eigenvalue weighted by atomic mass is 32.1. The van der Waals surface area contributed by atoms with Crippen LogP contribution in [0.5, 0.6) is 0 Å². The lowest BCUT2D eigenvalue weighted by molar-refractivity contribution is -0.137. The van der Waals surface area contributed by atoms with Gasteiger partial charge in [0.2, 0.25) is 0 Å². The van der Waals surface area contributed by atoms with E-state index in [0.29, 0.717) is 17.8 Å². The van der Waals surface area contributed by atoms with Gasteiger partial charge >= 0.3 is 5.97 Å². The molecule has 4 nitrogen and oxygen atoms in total. The van der Waals surface area contributed by atoms with E-state index in [1.165, 1.54) is 17.4 Å². The van der Waals surface area contributed by atoms with E-state index in [1.807, 2.05) is 41.8 Å². The molecule has 0 aliphatic rings. The Hall–Kier alpha value is -2.40. The maximum atomic E-state index is 11.6. The molecule has 1 amide bonds. The third kappa shape index (κ3) is 5.54. The summed E-state index contributed by atoms with van der Waals surface area (Å²) in [5.41, 5.74) is 0.947. The van der Waals surface area contributed by atoms with Crippen LogP contribution in [-0.4, -0.2) is 25.0 Å². The standard InChI is InChI=1S/C17H17NO3S/c19-16(10-9-14-6-2-1-3-7-14)21-12-5-11-18-17(20)15-8-4-13-22-15/h1-4,6-10,13H,5,11-12H2,(H,18,20)/b10-9+. The van der Waals surface area contributed by atoms with Crippen LogP contribution in [0.15, 0.2) is 53.9 Å². The molecule has 0 atom stereocenters. The number of nitrogens with one attached hydrogen (secondary N) is 1. The number of esters is 1. The zero-order valence-corrected chi connectivity index (χ0v) is 12.8. The molecule has 114 valence electrons. The summed E-state index contributed by atoms with van der Waals surface area (Å²) < 4.78 is 5.06. The maximum Gasteiger partial charge on any atom is 0.330 e. The van der Waals surface area contributed by atoms with Crippen molar-refractivity contribution in [2.45, 2.75) is 6.42 Å². The average molecular weight is 315 g/mol. The van der Waals surface area contributed by atoms with Crippen LogP contribution >= 0.6 is 11.3 Å². The molecule has 0 spiro atoms. The van der Waals surface area contributed by atoms with Crippen LogP contribution in [0.25, 0.3) is 6.08 Å². The highest BCUT2D eigenvalue weighted by Gasteiger charge is 2.04. The molecule has 0 saturated heterocycles. The number of rotatable bonds is 7. The summed E-state index contributed by atoms with van der Waals surface area (Å²) in [6, 6.07) is 13.1. The summed E-state index contributed by atoms with van der Waals surface area (Å²) >= 11 is 1.40. The predicted octanol–water partition coefficient (Wildman–Crippen LogP) is 3.12. The molecule has 2 rings (SSSR count). The molecule has 1 aromatic carbocycles. The Labute approximate surface area is 133 Å². The van der Waals surface area contributed by atoms with Gasteiger partial charge in [0.15, 0.2) is 0 Å². The molecule has 0 unspecified atom stereocenters. The second-order valence-corrected chi connectivity index (χ2v) is 5.45. The van der Waals surface area contributed by atoms with Gasteiger partial charge in [-0.3, -0.25) is 4.79 Å². The summed E-state index contributed by atoms with van der Waals surface area (Å²) in [5.74, 6) is -0.473. The van der Waals surface area contributed by atoms with Crippen LogP contribution in [0.2, 0.25) is 0 Å². The lowest BCUT2D eigenvalue weighted by Gasteiger charge is -2.04. The maximum absolute atomic E-state index is 11.6. The summed E-state index contributed by atoms with van der Waals surface area (Å²) in [6.45, 7) is 0.759. The van der Waals surface area contributed by atoms with Crippen molar-refractivity contribution in [2.24, 2.45) is 0 Å². The van der Waals surface area contributed by atoms with E-state index >= 15 is 0 Å². The normalized spacial score (nSPS) is 10.5. The van der Waals surface area contributed by atoms with Crippen LogP contribution < -0.4 is 5.32 Å². The van der Waals surface area contributed by atoms with Crippen molar-refractivity contribution in [1.82, 2.24) is 5.32 Å². The zero-order chi connectivity index (χ0) is 15.6. The van der Waals surface area contributed by atoms with Gasteiger partial charge in [-0.25, -0.2) is 4.79 Å². The minimum absolute atomic E-state index is 0.0923. The number of benzene rings is 1. The molecule has 22 heavy (non-hydrogen) atoms. The Bertz CT molecular complexity index is 621. The smallest absolute Gasteiger partial charge is 0.330 e. The van der Waals surface area contributed by atoms with Crippen LogP contribution in [0.4, 0.5) is 0 Å². The highest BCUT2D eigenvalue weighted by molar-refractivity contribution is 7.12. The van der Waals surface area contributed by atoms with Crippen LogP contribution in [0, 0.1) is 0 Å². The molecule has 1 aromatic heterocycles. The largest absolute Gasteiger partial charge is 0.462 e. The number of carbonyl (C=O) groups excluding carboxylic acids is 2. The van der Waals surface area contributed by atoms with E-state index in [2.05, 4.69) is 5.32 Å². The first-order valence-corrected chi connectivity index (χ1v) is 7.85. The molecule has 0 aliphatic carbocycles. The molecule has 2 aromatic rings. The Morgan fingerprint density at radius 3 is 2.68 bits per heavy atom. The first kappa shape index (κ1) is 16.0. The average Bonchev–Trinajstić information content (AvgIpc) is 3.08. The van der Waals surface area contributed by atoms with Gasteiger partial charge in [-0.05, 0) is 29.5 Å². The van der Waals surface area contributed by atoms with Crippen molar-refractivity contribution in [3.05, 3.63) is 64.4 Å². The summed E-state index contributed by atoms with van der Waals surface area (Å²) in [7, 11) is 0. The first-order chi connectivity index (χ1) is 10.8. The molecular formula is C17H17NO3S. The van der Waals surface area contributed by atoms with Gasteiger partial charge in [-0.1, -0.05) is 36.4 Å². The second kappa shape index (κ2) is 8.79. The van der Waals surface area contributed by atoms with Crippen molar-refractivity contribution in [2.75, 3.05) is 13.2 Å². The molecule has 0 saturated carbocycles.